The number of carbonyl (C=O) groups excluding carboxylic acids is 4. The third kappa shape index (κ3) is 6.22. The zero-order valence-corrected chi connectivity index (χ0v) is 21.7. The van der Waals surface area contributed by atoms with Gasteiger partial charge in [0.2, 0.25) is 0 Å². The van der Waals surface area contributed by atoms with Crippen molar-refractivity contribution in [1.82, 2.24) is 9.97 Å². The molecule has 6 heteroatoms. The molecule has 186 valence electrons. The van der Waals surface area contributed by atoms with Crippen LogP contribution in [-0.2, 0) is 0 Å². The van der Waals surface area contributed by atoms with Crippen LogP contribution in [0.1, 0.15) is 142 Å². The van der Waals surface area contributed by atoms with Gasteiger partial charge in [0.1, 0.15) is 0 Å². The number of H-pyrrole nitrogens is 2. The molecule has 0 unspecified atom stereocenters. The highest BCUT2D eigenvalue weighted by Crippen LogP contribution is 2.25. The summed E-state index contributed by atoms with van der Waals surface area (Å²) in [5.41, 5.74) is 3.57. The maximum Gasteiger partial charge on any atom is 0.251 e. The normalized spacial score (nSPS) is 11.1. The van der Waals surface area contributed by atoms with Crippen molar-refractivity contribution in [1.29, 1.82) is 0 Å². The molecule has 0 aromatic carbocycles. The van der Waals surface area contributed by atoms with Crippen LogP contribution in [0.15, 0.2) is 0 Å². The molecule has 0 saturated heterocycles. The summed E-state index contributed by atoms with van der Waals surface area (Å²) in [5.74, 6) is -1.40. The van der Waals surface area contributed by atoms with Gasteiger partial charge in [-0.2, -0.15) is 0 Å². The molecule has 0 bridgehead atoms. The Bertz CT molecular complexity index is 971. The second-order valence-corrected chi connectivity index (χ2v) is 9.38. The lowest BCUT2D eigenvalue weighted by atomic mass is 9.97. The van der Waals surface area contributed by atoms with E-state index < -0.39 is 11.6 Å². The zero-order chi connectivity index (χ0) is 25.4. The Morgan fingerprint density at radius 3 is 1.24 bits per heavy atom. The molecule has 0 amide bonds. The lowest BCUT2D eigenvalue weighted by Crippen LogP contribution is -2.18. The Morgan fingerprint density at radius 1 is 0.559 bits per heavy atom. The molecule has 2 rings (SSSR count). The summed E-state index contributed by atoms with van der Waals surface area (Å²) in [5, 5.41) is 0. The van der Waals surface area contributed by atoms with Crippen LogP contribution in [0.5, 0.6) is 0 Å². The largest absolute Gasteiger partial charge is 0.355 e. The molecule has 0 spiro atoms. The summed E-state index contributed by atoms with van der Waals surface area (Å²) >= 11 is 0. The molecule has 0 radical (unpaired) electrons. The molecular weight excluding hydrogens is 428 g/mol. The van der Waals surface area contributed by atoms with E-state index >= 15 is 0 Å². The van der Waals surface area contributed by atoms with Gasteiger partial charge in [0, 0.05) is 35.4 Å². The maximum atomic E-state index is 13.1. The van der Waals surface area contributed by atoms with Gasteiger partial charge in [-0.1, -0.05) is 52.4 Å². The zero-order valence-electron chi connectivity index (χ0n) is 21.7. The fraction of sp³-hybridized carbons (Fsp3) is 0.571. The number of aromatic nitrogens is 2. The van der Waals surface area contributed by atoms with Gasteiger partial charge in [0.15, 0.2) is 11.6 Å². The summed E-state index contributed by atoms with van der Waals surface area (Å²) in [7, 11) is 0. The standard InChI is InChI=1S/C28H40N2O4/c1-7-9-11-13-15-21(31)23-17(3)25(29-19(23)5)27(33)28(34)26-18(4)24(20(6)30-26)22(32)16-14-12-10-8-2/h29-30H,7-16H2,1-6H3. The van der Waals surface area contributed by atoms with Crippen molar-refractivity contribution >= 4 is 23.1 Å². The first-order chi connectivity index (χ1) is 16.1. The lowest BCUT2D eigenvalue weighted by Gasteiger charge is -2.04. The first-order valence-electron chi connectivity index (χ1n) is 12.7. The average Bonchev–Trinajstić information content (AvgIpc) is 3.27. The minimum Gasteiger partial charge on any atom is -0.355 e. The van der Waals surface area contributed by atoms with Crippen molar-refractivity contribution in [2.75, 3.05) is 0 Å². The van der Waals surface area contributed by atoms with Crippen LogP contribution in [0, 0.1) is 27.7 Å². The molecular formula is C28H40N2O4. The Labute approximate surface area is 203 Å². The maximum absolute atomic E-state index is 13.1. The van der Waals surface area contributed by atoms with Crippen molar-refractivity contribution < 1.29 is 19.2 Å². The number of hydrogen-bond donors (Lipinski definition) is 2. The number of unbranched alkanes of at least 4 members (excludes halogenated alkanes) is 6. The van der Waals surface area contributed by atoms with Gasteiger partial charge in [-0.05, 0) is 51.7 Å². The molecule has 2 aromatic rings. The Hall–Kier alpha value is -2.76. The van der Waals surface area contributed by atoms with E-state index in [1.54, 1.807) is 27.7 Å². The Balaban J connectivity index is 2.22. The fourth-order valence-electron chi connectivity index (χ4n) is 4.69. The number of rotatable bonds is 15. The van der Waals surface area contributed by atoms with Gasteiger partial charge < -0.3 is 9.97 Å². The second-order valence-electron chi connectivity index (χ2n) is 9.38. The van der Waals surface area contributed by atoms with Gasteiger partial charge >= 0.3 is 0 Å². The van der Waals surface area contributed by atoms with Crippen LogP contribution < -0.4 is 0 Å². The van der Waals surface area contributed by atoms with Gasteiger partial charge in [0.25, 0.3) is 11.6 Å². The summed E-state index contributed by atoms with van der Waals surface area (Å²) < 4.78 is 0. The molecule has 2 heterocycles. The number of nitrogens with one attached hydrogen (secondary N) is 2. The molecule has 0 fully saturated rings. The lowest BCUT2D eigenvalue weighted by molar-refractivity contribution is 0.0810. The van der Waals surface area contributed by atoms with E-state index in [1.165, 1.54) is 0 Å². The molecule has 6 nitrogen and oxygen atoms in total. The quantitative estimate of drug-likeness (QED) is 0.168. The molecule has 0 aliphatic heterocycles. The molecule has 2 N–H and O–H groups in total. The fourth-order valence-corrected chi connectivity index (χ4v) is 4.69. The SMILES string of the molecule is CCCCCCC(=O)c1c(C)[nH]c(C(=O)C(=O)c2[nH]c(C)c(C(=O)CCCCCC)c2C)c1C. The van der Waals surface area contributed by atoms with Crippen LogP contribution in [0.3, 0.4) is 0 Å². The van der Waals surface area contributed by atoms with Crippen molar-refractivity contribution in [2.24, 2.45) is 0 Å². The predicted molar refractivity (Wildman–Crippen MR) is 135 cm³/mol. The van der Waals surface area contributed by atoms with Gasteiger partial charge in [-0.15, -0.1) is 0 Å². The third-order valence-electron chi connectivity index (χ3n) is 6.61. The van der Waals surface area contributed by atoms with E-state index in [0.29, 0.717) is 46.5 Å². The highest BCUT2D eigenvalue weighted by molar-refractivity contribution is 6.49. The predicted octanol–water partition coefficient (Wildman–Crippen LogP) is 6.95. The van der Waals surface area contributed by atoms with Gasteiger partial charge in [-0.3, -0.25) is 19.2 Å². The molecule has 2 aromatic heterocycles. The van der Waals surface area contributed by atoms with Crippen LogP contribution in [0.4, 0.5) is 0 Å². The molecule has 0 atom stereocenters. The molecule has 0 aliphatic rings. The summed E-state index contributed by atoms with van der Waals surface area (Å²) in [4.78, 5) is 57.8. The van der Waals surface area contributed by atoms with Crippen molar-refractivity contribution in [3.63, 3.8) is 0 Å². The number of ketones is 4. The summed E-state index contributed by atoms with van der Waals surface area (Å²) in [6.07, 6.45) is 8.87. The highest BCUT2D eigenvalue weighted by Gasteiger charge is 2.30. The second kappa shape index (κ2) is 12.6. The first kappa shape index (κ1) is 27.5. The van der Waals surface area contributed by atoms with E-state index in [9.17, 15) is 19.2 Å². The van der Waals surface area contributed by atoms with E-state index in [0.717, 1.165) is 51.4 Å². The number of aryl methyl sites for hydroxylation is 2. The van der Waals surface area contributed by atoms with Crippen LogP contribution in [-0.4, -0.2) is 33.1 Å². The van der Waals surface area contributed by atoms with Crippen LogP contribution in [0.2, 0.25) is 0 Å². The topological polar surface area (TPSA) is 99.9 Å². The molecule has 0 aliphatic carbocycles. The van der Waals surface area contributed by atoms with E-state index in [4.69, 9.17) is 0 Å². The smallest absolute Gasteiger partial charge is 0.251 e. The molecule has 0 saturated carbocycles. The van der Waals surface area contributed by atoms with E-state index in [1.807, 2.05) is 0 Å². The van der Waals surface area contributed by atoms with Gasteiger partial charge in [0.05, 0.1) is 11.4 Å². The number of carbonyl (C=O) groups is 4. The summed E-state index contributed by atoms with van der Waals surface area (Å²) in [6.45, 7) is 11.2. The van der Waals surface area contributed by atoms with Crippen LogP contribution in [0.25, 0.3) is 0 Å². The highest BCUT2D eigenvalue weighted by atomic mass is 16.2. The monoisotopic (exact) mass is 468 g/mol. The minimum absolute atomic E-state index is 0.00305. The summed E-state index contributed by atoms with van der Waals surface area (Å²) in [6, 6.07) is 0. The Kier molecular flexibility index (Phi) is 10.2. The van der Waals surface area contributed by atoms with Crippen molar-refractivity contribution in [3.8, 4) is 0 Å². The molecule has 34 heavy (non-hydrogen) atoms. The number of Topliss-reactive ketones (excluding diaryl/α,β-unsaturated/α-hetero) is 4. The average molecular weight is 469 g/mol. The van der Waals surface area contributed by atoms with Crippen molar-refractivity contribution in [3.05, 3.63) is 45.0 Å². The number of aromatic amines is 2. The van der Waals surface area contributed by atoms with Crippen molar-refractivity contribution in [2.45, 2.75) is 106 Å². The number of hydrogen-bond acceptors (Lipinski definition) is 4. The first-order valence-corrected chi connectivity index (χ1v) is 12.7. The minimum atomic E-state index is -0.697. The third-order valence-corrected chi connectivity index (χ3v) is 6.61. The van der Waals surface area contributed by atoms with Crippen LogP contribution >= 0.6 is 0 Å². The Morgan fingerprint density at radius 2 is 0.912 bits per heavy atom. The van der Waals surface area contributed by atoms with E-state index in [-0.39, 0.29) is 23.0 Å². The van der Waals surface area contributed by atoms with Gasteiger partial charge in [-0.25, -0.2) is 0 Å². The van der Waals surface area contributed by atoms with E-state index in [2.05, 4.69) is 23.8 Å².